The number of hydrogen-bond acceptors (Lipinski definition) is 4. The Kier molecular flexibility index (Phi) is 9.78. The number of halogens is 3. The van der Waals surface area contributed by atoms with Gasteiger partial charge >= 0.3 is 0 Å². The molecule has 0 fully saturated rings. The molecule has 26 heavy (non-hydrogen) atoms. The number of nitrogens with zero attached hydrogens (tertiary/aromatic N) is 3. The minimum absolute atomic E-state index is 0. The van der Waals surface area contributed by atoms with Gasteiger partial charge in [-0.3, -0.25) is 4.99 Å². The number of benzene rings is 1. The molecule has 0 atom stereocenters. The van der Waals surface area contributed by atoms with Gasteiger partial charge in [-0.15, -0.1) is 35.3 Å². The van der Waals surface area contributed by atoms with Crippen LogP contribution in [0.5, 0.6) is 5.75 Å². The molecule has 2 rings (SSSR count). The van der Waals surface area contributed by atoms with Crippen molar-refractivity contribution in [2.24, 2.45) is 4.99 Å². The summed E-state index contributed by atoms with van der Waals surface area (Å²) in [6.07, 6.45) is -2.48. The van der Waals surface area contributed by atoms with Gasteiger partial charge in [-0.2, -0.15) is 0 Å². The minimum Gasteiger partial charge on any atom is -0.488 e. The number of alkyl halides is 2. The third-order valence-electron chi connectivity index (χ3n) is 3.36. The molecule has 0 spiro atoms. The van der Waals surface area contributed by atoms with Crippen LogP contribution in [0.3, 0.4) is 0 Å². The van der Waals surface area contributed by atoms with Crippen molar-refractivity contribution in [3.05, 3.63) is 45.9 Å². The Balaban J connectivity index is 0.00000338. The zero-order valence-corrected chi connectivity index (χ0v) is 18.1. The molecule has 144 valence electrons. The fourth-order valence-electron chi connectivity index (χ4n) is 2.27. The highest BCUT2D eigenvalue weighted by atomic mass is 127. The summed E-state index contributed by atoms with van der Waals surface area (Å²) in [6, 6.07) is 7.09. The molecule has 1 aromatic heterocycles. The SMILES string of the molecule is CN=C(NCc1cccc(OCC(F)F)c1)N(C)Cc1csc(C)n1.I. The standard InChI is InChI=1S/C17H22F2N4OS.HI/c1-12-22-14(11-25-12)9-23(3)17(20-2)21-8-13-5-4-6-15(7-13)24-10-16(18)19;/h4-7,11,16H,8-10H2,1-3H3,(H,20,21);1H. The zero-order chi connectivity index (χ0) is 18.2. The Hall–Kier alpha value is -1.49. The lowest BCUT2D eigenvalue weighted by atomic mass is 10.2. The number of nitrogens with one attached hydrogen (secondary N) is 1. The number of ether oxygens (including phenoxy) is 1. The van der Waals surface area contributed by atoms with E-state index in [4.69, 9.17) is 4.74 Å². The molecule has 0 amide bonds. The first-order valence-electron chi connectivity index (χ1n) is 7.80. The van der Waals surface area contributed by atoms with E-state index in [9.17, 15) is 8.78 Å². The van der Waals surface area contributed by atoms with Crippen LogP contribution in [-0.4, -0.2) is 43.0 Å². The maximum absolute atomic E-state index is 12.2. The predicted molar refractivity (Wildman–Crippen MR) is 112 cm³/mol. The number of thiazole rings is 1. The van der Waals surface area contributed by atoms with E-state index >= 15 is 0 Å². The van der Waals surface area contributed by atoms with E-state index in [0.717, 1.165) is 22.2 Å². The summed E-state index contributed by atoms with van der Waals surface area (Å²) in [7, 11) is 3.65. The zero-order valence-electron chi connectivity index (χ0n) is 14.9. The van der Waals surface area contributed by atoms with Crippen LogP contribution < -0.4 is 10.1 Å². The molecule has 5 nitrogen and oxygen atoms in total. The molecule has 0 aliphatic heterocycles. The van der Waals surface area contributed by atoms with Gasteiger partial charge in [-0.05, 0) is 24.6 Å². The molecule has 1 N–H and O–H groups in total. The number of aromatic nitrogens is 1. The average Bonchev–Trinajstić information content (AvgIpc) is 2.99. The van der Waals surface area contributed by atoms with Crippen LogP contribution in [0, 0.1) is 6.92 Å². The van der Waals surface area contributed by atoms with E-state index < -0.39 is 13.0 Å². The Bertz CT molecular complexity index is 712. The molecule has 0 aliphatic rings. The normalized spacial score (nSPS) is 11.2. The lowest BCUT2D eigenvalue weighted by Crippen LogP contribution is -2.38. The van der Waals surface area contributed by atoms with Crippen LogP contribution in [0.2, 0.25) is 0 Å². The highest BCUT2D eigenvalue weighted by Crippen LogP contribution is 2.14. The average molecular weight is 496 g/mol. The largest absolute Gasteiger partial charge is 0.488 e. The molecule has 0 unspecified atom stereocenters. The van der Waals surface area contributed by atoms with Crippen molar-refractivity contribution >= 4 is 41.3 Å². The van der Waals surface area contributed by atoms with Gasteiger partial charge in [0, 0.05) is 26.0 Å². The van der Waals surface area contributed by atoms with Gasteiger partial charge < -0.3 is 15.0 Å². The first-order chi connectivity index (χ1) is 12.0. The van der Waals surface area contributed by atoms with Crippen LogP contribution in [0.25, 0.3) is 0 Å². The minimum atomic E-state index is -2.48. The number of aliphatic imine (C=N–C) groups is 1. The third-order valence-corrected chi connectivity index (χ3v) is 4.19. The monoisotopic (exact) mass is 496 g/mol. The van der Waals surface area contributed by atoms with E-state index in [1.54, 1.807) is 36.6 Å². The summed E-state index contributed by atoms with van der Waals surface area (Å²) in [5.41, 5.74) is 1.92. The molecule has 0 bridgehead atoms. The van der Waals surface area contributed by atoms with Crippen LogP contribution in [-0.2, 0) is 13.1 Å². The van der Waals surface area contributed by atoms with Crippen molar-refractivity contribution in [1.29, 1.82) is 0 Å². The van der Waals surface area contributed by atoms with Crippen molar-refractivity contribution < 1.29 is 13.5 Å². The Morgan fingerprint density at radius 1 is 1.42 bits per heavy atom. The van der Waals surface area contributed by atoms with Gasteiger partial charge in [-0.25, -0.2) is 13.8 Å². The van der Waals surface area contributed by atoms with E-state index in [1.165, 1.54) is 0 Å². The van der Waals surface area contributed by atoms with Crippen molar-refractivity contribution in [2.75, 3.05) is 20.7 Å². The molecule has 0 saturated heterocycles. The van der Waals surface area contributed by atoms with Crippen molar-refractivity contribution in [3.63, 3.8) is 0 Å². The van der Waals surface area contributed by atoms with Gasteiger partial charge in [0.05, 0.1) is 17.2 Å². The number of guanidine groups is 1. The molecule has 1 aromatic carbocycles. The summed E-state index contributed by atoms with van der Waals surface area (Å²) in [5, 5.41) is 6.32. The number of rotatable bonds is 7. The lowest BCUT2D eigenvalue weighted by Gasteiger charge is -2.21. The van der Waals surface area contributed by atoms with Gasteiger partial charge in [-0.1, -0.05) is 12.1 Å². The summed E-state index contributed by atoms with van der Waals surface area (Å²) in [5.74, 6) is 1.16. The van der Waals surface area contributed by atoms with Gasteiger partial charge in [0.25, 0.3) is 6.43 Å². The van der Waals surface area contributed by atoms with Crippen molar-refractivity contribution in [3.8, 4) is 5.75 Å². The molecule has 1 heterocycles. The Morgan fingerprint density at radius 2 is 2.19 bits per heavy atom. The molecule has 9 heteroatoms. The van der Waals surface area contributed by atoms with Gasteiger partial charge in [0.2, 0.25) is 0 Å². The molecule has 0 saturated carbocycles. The fourth-order valence-corrected chi connectivity index (χ4v) is 2.87. The molecule has 2 aromatic rings. The summed E-state index contributed by atoms with van der Waals surface area (Å²) in [4.78, 5) is 10.7. The highest BCUT2D eigenvalue weighted by molar-refractivity contribution is 14.0. The van der Waals surface area contributed by atoms with Crippen molar-refractivity contribution in [1.82, 2.24) is 15.2 Å². The first kappa shape index (κ1) is 22.6. The van der Waals surface area contributed by atoms with E-state index in [-0.39, 0.29) is 24.0 Å². The van der Waals surface area contributed by atoms with Crippen LogP contribution >= 0.6 is 35.3 Å². The van der Waals surface area contributed by atoms with Gasteiger partial charge in [0.15, 0.2) is 5.96 Å². The van der Waals surface area contributed by atoms with E-state index in [0.29, 0.717) is 18.8 Å². The lowest BCUT2D eigenvalue weighted by molar-refractivity contribution is 0.0818. The first-order valence-corrected chi connectivity index (χ1v) is 8.68. The van der Waals surface area contributed by atoms with Gasteiger partial charge in [0.1, 0.15) is 12.4 Å². The fraction of sp³-hybridized carbons (Fsp3) is 0.412. The summed E-state index contributed by atoms with van der Waals surface area (Å²) >= 11 is 1.62. The second-order valence-electron chi connectivity index (χ2n) is 5.46. The van der Waals surface area contributed by atoms with Crippen molar-refractivity contribution in [2.45, 2.75) is 26.4 Å². The smallest absolute Gasteiger partial charge is 0.272 e. The maximum atomic E-state index is 12.2. The van der Waals surface area contributed by atoms with E-state index in [2.05, 4.69) is 15.3 Å². The molecule has 0 aliphatic carbocycles. The van der Waals surface area contributed by atoms with Crippen LogP contribution in [0.1, 0.15) is 16.3 Å². The second kappa shape index (κ2) is 11.3. The Morgan fingerprint density at radius 3 is 2.81 bits per heavy atom. The van der Waals surface area contributed by atoms with E-state index in [1.807, 2.05) is 30.3 Å². The number of hydrogen-bond donors (Lipinski definition) is 1. The number of aryl methyl sites for hydroxylation is 1. The van der Waals surface area contributed by atoms with Crippen LogP contribution in [0.15, 0.2) is 34.6 Å². The molecule has 0 radical (unpaired) electrons. The second-order valence-corrected chi connectivity index (χ2v) is 6.53. The highest BCUT2D eigenvalue weighted by Gasteiger charge is 2.09. The molecular weight excluding hydrogens is 473 g/mol. The quantitative estimate of drug-likeness (QED) is 0.359. The maximum Gasteiger partial charge on any atom is 0.272 e. The summed E-state index contributed by atoms with van der Waals surface area (Å²) < 4.78 is 29.5. The Labute approximate surface area is 173 Å². The predicted octanol–water partition coefficient (Wildman–Crippen LogP) is 3.92. The van der Waals surface area contributed by atoms with Crippen LogP contribution in [0.4, 0.5) is 8.78 Å². The third kappa shape index (κ3) is 7.40. The molecular formula is C17H23F2IN4OS. The topological polar surface area (TPSA) is 49.8 Å². The summed E-state index contributed by atoms with van der Waals surface area (Å²) in [6.45, 7) is 2.54.